The molecular formula is C21H25N3O4. The van der Waals surface area contributed by atoms with Crippen molar-refractivity contribution in [2.75, 3.05) is 18.1 Å². The van der Waals surface area contributed by atoms with Gasteiger partial charge in [-0.2, -0.15) is 0 Å². The number of nitrogens with zero attached hydrogens (tertiary/aromatic N) is 2. The van der Waals surface area contributed by atoms with Crippen molar-refractivity contribution in [3.8, 4) is 0 Å². The van der Waals surface area contributed by atoms with Crippen molar-refractivity contribution in [3.05, 3.63) is 24.5 Å². The van der Waals surface area contributed by atoms with Gasteiger partial charge in [-0.05, 0) is 31.0 Å². The topological polar surface area (TPSA) is 92.4 Å². The van der Waals surface area contributed by atoms with E-state index in [1.54, 1.807) is 12.4 Å². The SMILES string of the molecule is CCCCCC(=O)C1C(=O)C(=O)N(c2ccc3nc[nH]c3c2)C1C1CCOC1. The predicted octanol–water partition coefficient (Wildman–Crippen LogP) is 2.65. The fourth-order valence-electron chi connectivity index (χ4n) is 4.40. The van der Waals surface area contributed by atoms with Gasteiger partial charge in [0.25, 0.3) is 5.91 Å². The molecule has 0 bridgehead atoms. The van der Waals surface area contributed by atoms with Gasteiger partial charge in [-0.1, -0.05) is 19.8 Å². The quantitative estimate of drug-likeness (QED) is 0.451. The number of unbranched alkanes of at least 4 members (excludes halogenated alkanes) is 2. The number of aromatic amines is 1. The summed E-state index contributed by atoms with van der Waals surface area (Å²) >= 11 is 0. The van der Waals surface area contributed by atoms with Gasteiger partial charge in [0.2, 0.25) is 5.78 Å². The minimum atomic E-state index is -0.895. The maximum absolute atomic E-state index is 12.9. The second-order valence-corrected chi connectivity index (χ2v) is 7.66. The van der Waals surface area contributed by atoms with Crippen LogP contribution in [-0.2, 0) is 19.1 Å². The van der Waals surface area contributed by atoms with Crippen LogP contribution in [0.15, 0.2) is 24.5 Å². The molecule has 0 spiro atoms. The summed E-state index contributed by atoms with van der Waals surface area (Å²) in [4.78, 5) is 47.5. The number of H-pyrrole nitrogens is 1. The van der Waals surface area contributed by atoms with E-state index in [9.17, 15) is 14.4 Å². The molecule has 2 aromatic rings. The highest BCUT2D eigenvalue weighted by Crippen LogP contribution is 2.38. The number of rotatable bonds is 7. The highest BCUT2D eigenvalue weighted by Gasteiger charge is 2.54. The number of ketones is 2. The number of imidazole rings is 1. The molecule has 2 aliphatic heterocycles. The number of anilines is 1. The lowest BCUT2D eigenvalue weighted by Crippen LogP contribution is -2.43. The number of carbonyl (C=O) groups excluding carboxylic acids is 3. The van der Waals surface area contributed by atoms with Gasteiger partial charge in [0.05, 0.1) is 30.0 Å². The summed E-state index contributed by atoms with van der Waals surface area (Å²) in [7, 11) is 0. The van der Waals surface area contributed by atoms with E-state index in [0.717, 1.165) is 36.7 Å². The Kier molecular flexibility index (Phi) is 5.26. The third-order valence-electron chi connectivity index (χ3n) is 5.86. The van der Waals surface area contributed by atoms with Crippen LogP contribution in [0.5, 0.6) is 0 Å². The van der Waals surface area contributed by atoms with E-state index >= 15 is 0 Å². The lowest BCUT2D eigenvalue weighted by Gasteiger charge is -2.31. The summed E-state index contributed by atoms with van der Waals surface area (Å²) in [5.74, 6) is -2.21. The molecule has 0 saturated carbocycles. The number of benzene rings is 1. The molecule has 7 heteroatoms. The number of aromatic nitrogens is 2. The van der Waals surface area contributed by atoms with Crippen molar-refractivity contribution in [2.24, 2.45) is 11.8 Å². The van der Waals surface area contributed by atoms with Crippen molar-refractivity contribution < 1.29 is 19.1 Å². The Morgan fingerprint density at radius 3 is 2.93 bits per heavy atom. The molecule has 1 aromatic carbocycles. The lowest BCUT2D eigenvalue weighted by molar-refractivity contribution is -0.139. The first-order chi connectivity index (χ1) is 13.6. The average Bonchev–Trinajstić information content (AvgIpc) is 3.42. The standard InChI is InChI=1S/C21H25N3O4/c1-2-3-4-5-17(25)18-19(13-8-9-28-11-13)24(21(27)20(18)26)14-6-7-15-16(10-14)23-12-22-15/h6-7,10,12-13,18-19H,2-5,8-9,11H2,1H3,(H,22,23). The van der Waals surface area contributed by atoms with Crippen molar-refractivity contribution in [2.45, 2.75) is 45.1 Å². The zero-order valence-electron chi connectivity index (χ0n) is 16.0. The largest absolute Gasteiger partial charge is 0.381 e. The summed E-state index contributed by atoms with van der Waals surface area (Å²) in [6, 6.07) is 4.95. The van der Waals surface area contributed by atoms with Gasteiger partial charge in [0.1, 0.15) is 11.7 Å². The van der Waals surface area contributed by atoms with Crippen LogP contribution in [0.2, 0.25) is 0 Å². The molecule has 1 N–H and O–H groups in total. The third-order valence-corrected chi connectivity index (χ3v) is 5.86. The van der Waals surface area contributed by atoms with E-state index < -0.39 is 23.7 Å². The monoisotopic (exact) mass is 383 g/mol. The van der Waals surface area contributed by atoms with E-state index in [2.05, 4.69) is 16.9 Å². The van der Waals surface area contributed by atoms with E-state index in [4.69, 9.17) is 4.74 Å². The Hall–Kier alpha value is -2.54. The second kappa shape index (κ2) is 7.83. The van der Waals surface area contributed by atoms with Crippen molar-refractivity contribution in [1.29, 1.82) is 0 Å². The Morgan fingerprint density at radius 1 is 1.32 bits per heavy atom. The fourth-order valence-corrected chi connectivity index (χ4v) is 4.40. The van der Waals surface area contributed by atoms with Gasteiger partial charge < -0.3 is 14.6 Å². The molecule has 0 radical (unpaired) electrons. The molecule has 3 atom stereocenters. The first-order valence-corrected chi connectivity index (χ1v) is 10.0. The molecule has 0 aliphatic carbocycles. The molecule has 3 heterocycles. The molecule has 28 heavy (non-hydrogen) atoms. The number of hydrogen-bond acceptors (Lipinski definition) is 5. The van der Waals surface area contributed by atoms with Crippen LogP contribution in [0.25, 0.3) is 11.0 Å². The second-order valence-electron chi connectivity index (χ2n) is 7.66. The van der Waals surface area contributed by atoms with Crippen LogP contribution >= 0.6 is 0 Å². The minimum Gasteiger partial charge on any atom is -0.381 e. The van der Waals surface area contributed by atoms with Crippen molar-refractivity contribution in [1.82, 2.24) is 9.97 Å². The van der Waals surface area contributed by atoms with Gasteiger partial charge in [-0.15, -0.1) is 0 Å². The molecule has 2 fully saturated rings. The zero-order valence-corrected chi connectivity index (χ0v) is 16.0. The van der Waals surface area contributed by atoms with Crippen LogP contribution in [0.3, 0.4) is 0 Å². The van der Waals surface area contributed by atoms with Gasteiger partial charge in [-0.3, -0.25) is 14.4 Å². The number of Topliss-reactive ketones (excluding diaryl/α,β-unsaturated/α-hetero) is 2. The van der Waals surface area contributed by atoms with E-state index in [1.165, 1.54) is 4.90 Å². The number of nitrogens with one attached hydrogen (secondary N) is 1. The molecule has 3 unspecified atom stereocenters. The highest BCUT2D eigenvalue weighted by molar-refractivity contribution is 6.48. The molecule has 2 saturated heterocycles. The highest BCUT2D eigenvalue weighted by atomic mass is 16.5. The van der Waals surface area contributed by atoms with Gasteiger partial charge in [0, 0.05) is 24.6 Å². The van der Waals surface area contributed by atoms with Crippen LogP contribution in [0.4, 0.5) is 5.69 Å². The Bertz CT molecular complexity index is 900. The number of hydrogen-bond donors (Lipinski definition) is 1. The molecule has 1 amide bonds. The lowest BCUT2D eigenvalue weighted by atomic mass is 9.83. The third kappa shape index (κ3) is 3.24. The number of fused-ring (bicyclic) bond motifs is 1. The number of amides is 1. The van der Waals surface area contributed by atoms with Crippen LogP contribution in [-0.4, -0.2) is 46.7 Å². The Balaban J connectivity index is 1.70. The summed E-state index contributed by atoms with van der Waals surface area (Å²) < 4.78 is 5.53. The molecular weight excluding hydrogens is 358 g/mol. The molecule has 7 nitrogen and oxygen atoms in total. The average molecular weight is 383 g/mol. The van der Waals surface area contributed by atoms with Crippen LogP contribution in [0, 0.1) is 11.8 Å². The Morgan fingerprint density at radius 2 is 2.18 bits per heavy atom. The summed E-state index contributed by atoms with van der Waals surface area (Å²) in [5, 5.41) is 0. The maximum atomic E-state index is 12.9. The Labute approximate surface area is 163 Å². The minimum absolute atomic E-state index is 0.0204. The first kappa shape index (κ1) is 18.8. The smallest absolute Gasteiger partial charge is 0.295 e. The van der Waals surface area contributed by atoms with Crippen LogP contribution in [0.1, 0.15) is 39.0 Å². The molecule has 4 rings (SSSR count). The molecule has 1 aromatic heterocycles. The van der Waals surface area contributed by atoms with E-state index in [1.807, 2.05) is 12.1 Å². The number of carbonyl (C=O) groups is 3. The molecule has 148 valence electrons. The summed E-state index contributed by atoms with van der Waals surface area (Å²) in [6.45, 7) is 3.13. The first-order valence-electron chi connectivity index (χ1n) is 10.0. The van der Waals surface area contributed by atoms with E-state index in [-0.39, 0.29) is 11.7 Å². The zero-order chi connectivity index (χ0) is 19.7. The van der Waals surface area contributed by atoms with Crippen molar-refractivity contribution >= 4 is 34.2 Å². The summed E-state index contributed by atoms with van der Waals surface area (Å²) in [6.07, 6.45) is 5.37. The maximum Gasteiger partial charge on any atom is 0.295 e. The summed E-state index contributed by atoms with van der Waals surface area (Å²) in [5.41, 5.74) is 2.20. The van der Waals surface area contributed by atoms with E-state index in [0.29, 0.717) is 25.3 Å². The van der Waals surface area contributed by atoms with Gasteiger partial charge in [-0.25, -0.2) is 4.98 Å². The van der Waals surface area contributed by atoms with Crippen molar-refractivity contribution in [3.63, 3.8) is 0 Å². The predicted molar refractivity (Wildman–Crippen MR) is 104 cm³/mol. The van der Waals surface area contributed by atoms with Gasteiger partial charge in [0.15, 0.2) is 0 Å². The van der Waals surface area contributed by atoms with Crippen LogP contribution < -0.4 is 4.90 Å². The normalized spacial score (nSPS) is 25.2. The van der Waals surface area contributed by atoms with Gasteiger partial charge >= 0.3 is 0 Å². The number of ether oxygens (including phenoxy) is 1. The molecule has 2 aliphatic rings. The fraction of sp³-hybridized carbons (Fsp3) is 0.524.